The van der Waals surface area contributed by atoms with E-state index in [-0.39, 0.29) is 5.91 Å². The number of fused-ring (bicyclic) bond motifs is 3. The van der Waals surface area contributed by atoms with E-state index in [4.69, 9.17) is 9.47 Å². The van der Waals surface area contributed by atoms with Crippen LogP contribution >= 0.6 is 0 Å². The maximum Gasteiger partial charge on any atom is 0.328 e. The molecule has 0 saturated carbocycles. The van der Waals surface area contributed by atoms with Gasteiger partial charge >= 0.3 is 5.97 Å². The molecule has 5 heteroatoms. The quantitative estimate of drug-likeness (QED) is 0.640. The Hall–Kier alpha value is -3.60. The van der Waals surface area contributed by atoms with Crippen molar-refractivity contribution in [3.63, 3.8) is 0 Å². The lowest BCUT2D eigenvalue weighted by Crippen LogP contribution is -2.45. The number of nitrogens with one attached hydrogen (secondary N) is 1. The molecule has 1 N–H and O–H groups in total. The smallest absolute Gasteiger partial charge is 0.328 e. The minimum atomic E-state index is -0.782. The molecular weight excluding hydrogens is 378 g/mol. The second-order valence-corrected chi connectivity index (χ2v) is 7.24. The first-order valence-electron chi connectivity index (χ1n) is 9.81. The van der Waals surface area contributed by atoms with Gasteiger partial charge in [0.15, 0.2) is 0 Å². The van der Waals surface area contributed by atoms with E-state index in [1.165, 1.54) is 7.11 Å². The number of rotatable bonds is 6. The van der Waals surface area contributed by atoms with Crippen molar-refractivity contribution in [1.29, 1.82) is 0 Å². The third-order valence-corrected chi connectivity index (χ3v) is 5.50. The Morgan fingerprint density at radius 1 is 0.867 bits per heavy atom. The molecule has 3 aromatic carbocycles. The zero-order valence-corrected chi connectivity index (χ0v) is 16.9. The summed E-state index contributed by atoms with van der Waals surface area (Å²) in [5, 5.41) is 2.92. The number of amides is 1. The number of carbonyl (C=O) groups is 2. The van der Waals surface area contributed by atoms with E-state index in [9.17, 15) is 9.59 Å². The molecule has 5 nitrogen and oxygen atoms in total. The van der Waals surface area contributed by atoms with Crippen LogP contribution in [0.4, 0.5) is 0 Å². The van der Waals surface area contributed by atoms with Gasteiger partial charge in [0, 0.05) is 6.42 Å². The lowest BCUT2D eigenvalue weighted by atomic mass is 9.95. The van der Waals surface area contributed by atoms with Crippen molar-refractivity contribution in [1.82, 2.24) is 5.32 Å². The van der Waals surface area contributed by atoms with Gasteiger partial charge in [0.05, 0.1) is 20.1 Å². The molecule has 0 radical (unpaired) electrons. The summed E-state index contributed by atoms with van der Waals surface area (Å²) >= 11 is 0. The third-order valence-electron chi connectivity index (χ3n) is 5.50. The average molecular weight is 401 g/mol. The maximum absolute atomic E-state index is 13.4. The Bertz CT molecular complexity index is 1030. The molecule has 0 aromatic heterocycles. The van der Waals surface area contributed by atoms with Crippen LogP contribution in [0.1, 0.15) is 22.6 Å². The first kappa shape index (κ1) is 19.7. The molecule has 30 heavy (non-hydrogen) atoms. The van der Waals surface area contributed by atoms with Crippen LogP contribution in [-0.4, -0.2) is 32.1 Å². The molecular formula is C25H23NO4. The molecule has 1 aliphatic carbocycles. The molecule has 0 spiro atoms. The summed E-state index contributed by atoms with van der Waals surface area (Å²) in [6.07, 6.45) is 0.332. The van der Waals surface area contributed by atoms with Gasteiger partial charge in [-0.05, 0) is 39.9 Å². The third kappa shape index (κ3) is 3.66. The standard InChI is InChI=1S/C25H23NO4/c1-29-17-13-11-16(12-14-17)15-22(25(28)30-2)26-24(27)23-20-9-5-3-7-18(20)19-8-4-6-10-21(19)23/h3-14,22-23H,15H2,1-2H3,(H,26,27)/t22-/m0/s1. The van der Waals surface area contributed by atoms with Crippen molar-refractivity contribution in [2.75, 3.05) is 14.2 Å². The fraction of sp³-hybridized carbons (Fsp3) is 0.200. The zero-order valence-electron chi connectivity index (χ0n) is 16.9. The SMILES string of the molecule is COC(=O)[C@H](Cc1ccc(OC)cc1)NC(=O)C1c2ccccc2-c2ccccc21. The van der Waals surface area contributed by atoms with Gasteiger partial charge < -0.3 is 14.8 Å². The zero-order chi connectivity index (χ0) is 21.1. The fourth-order valence-corrected chi connectivity index (χ4v) is 4.03. The summed E-state index contributed by atoms with van der Waals surface area (Å²) in [6.45, 7) is 0. The van der Waals surface area contributed by atoms with E-state index in [1.54, 1.807) is 7.11 Å². The Morgan fingerprint density at radius 3 is 1.97 bits per heavy atom. The molecule has 1 aliphatic rings. The van der Waals surface area contributed by atoms with Gasteiger partial charge in [0.25, 0.3) is 0 Å². The van der Waals surface area contributed by atoms with E-state index < -0.39 is 17.9 Å². The van der Waals surface area contributed by atoms with E-state index in [1.807, 2.05) is 72.8 Å². The van der Waals surface area contributed by atoms with Gasteiger partial charge in [-0.3, -0.25) is 4.79 Å². The first-order valence-corrected chi connectivity index (χ1v) is 9.81. The van der Waals surface area contributed by atoms with Crippen molar-refractivity contribution in [2.45, 2.75) is 18.4 Å². The average Bonchev–Trinajstić information content (AvgIpc) is 3.13. The van der Waals surface area contributed by atoms with E-state index >= 15 is 0 Å². The first-order chi connectivity index (χ1) is 14.6. The molecule has 0 unspecified atom stereocenters. The number of esters is 1. The number of carbonyl (C=O) groups excluding carboxylic acids is 2. The molecule has 3 aromatic rings. The summed E-state index contributed by atoms with van der Waals surface area (Å²) < 4.78 is 10.1. The highest BCUT2D eigenvalue weighted by atomic mass is 16.5. The van der Waals surface area contributed by atoms with Crippen LogP contribution in [-0.2, 0) is 20.7 Å². The molecule has 0 fully saturated rings. The van der Waals surface area contributed by atoms with Crippen molar-refractivity contribution in [2.24, 2.45) is 0 Å². The molecule has 4 rings (SSSR count). The largest absolute Gasteiger partial charge is 0.497 e. The minimum absolute atomic E-state index is 0.212. The molecule has 0 saturated heterocycles. The van der Waals surface area contributed by atoms with Crippen molar-refractivity contribution >= 4 is 11.9 Å². The van der Waals surface area contributed by atoms with E-state index in [2.05, 4.69) is 5.32 Å². The summed E-state index contributed by atoms with van der Waals surface area (Å²) in [7, 11) is 2.93. The Labute approximate surface area is 175 Å². The summed E-state index contributed by atoms with van der Waals surface area (Å²) in [4.78, 5) is 25.8. The van der Waals surface area contributed by atoms with Crippen LogP contribution < -0.4 is 10.1 Å². The van der Waals surface area contributed by atoms with Gasteiger partial charge in [0.2, 0.25) is 5.91 Å². The van der Waals surface area contributed by atoms with Gasteiger partial charge in [-0.1, -0.05) is 60.7 Å². The van der Waals surface area contributed by atoms with Gasteiger partial charge in [-0.15, -0.1) is 0 Å². The molecule has 1 amide bonds. The van der Waals surface area contributed by atoms with Crippen molar-refractivity contribution in [3.05, 3.63) is 89.5 Å². The van der Waals surface area contributed by atoms with Crippen molar-refractivity contribution < 1.29 is 19.1 Å². The summed E-state index contributed by atoms with van der Waals surface area (Å²) in [6, 6.07) is 22.4. The molecule has 0 bridgehead atoms. The van der Waals surface area contributed by atoms with Crippen molar-refractivity contribution in [3.8, 4) is 16.9 Å². The number of methoxy groups -OCH3 is 2. The lowest BCUT2D eigenvalue weighted by molar-refractivity contribution is -0.145. The van der Waals surface area contributed by atoms with Gasteiger partial charge in [-0.2, -0.15) is 0 Å². The normalized spacial score (nSPS) is 13.1. The second kappa shape index (κ2) is 8.41. The number of hydrogen-bond acceptors (Lipinski definition) is 4. The number of hydrogen-bond donors (Lipinski definition) is 1. The van der Waals surface area contributed by atoms with E-state index in [0.29, 0.717) is 6.42 Å². The Balaban J connectivity index is 1.60. The Morgan fingerprint density at radius 2 is 1.43 bits per heavy atom. The van der Waals surface area contributed by atoms with Crippen LogP contribution in [0.2, 0.25) is 0 Å². The van der Waals surface area contributed by atoms with Crippen LogP contribution in [0, 0.1) is 0 Å². The predicted molar refractivity (Wildman–Crippen MR) is 114 cm³/mol. The molecule has 152 valence electrons. The van der Waals surface area contributed by atoms with Gasteiger partial charge in [-0.25, -0.2) is 4.79 Å². The number of benzene rings is 3. The summed E-state index contributed by atoms with van der Waals surface area (Å²) in [5.41, 5.74) is 4.91. The minimum Gasteiger partial charge on any atom is -0.497 e. The van der Waals surface area contributed by atoms with Crippen LogP contribution in [0.15, 0.2) is 72.8 Å². The summed E-state index contributed by atoms with van der Waals surface area (Å²) in [5.74, 6) is -0.410. The van der Waals surface area contributed by atoms with Gasteiger partial charge in [0.1, 0.15) is 11.8 Å². The monoisotopic (exact) mass is 401 g/mol. The Kier molecular flexibility index (Phi) is 5.53. The highest BCUT2D eigenvalue weighted by molar-refractivity contribution is 5.97. The van der Waals surface area contributed by atoms with E-state index in [0.717, 1.165) is 33.6 Å². The lowest BCUT2D eigenvalue weighted by Gasteiger charge is -2.20. The highest BCUT2D eigenvalue weighted by Gasteiger charge is 2.35. The predicted octanol–water partition coefficient (Wildman–Crippen LogP) is 3.71. The second-order valence-electron chi connectivity index (χ2n) is 7.24. The molecule has 0 aliphatic heterocycles. The fourth-order valence-electron chi connectivity index (χ4n) is 4.03. The van der Waals surface area contributed by atoms with Crippen LogP contribution in [0.5, 0.6) is 5.75 Å². The molecule has 0 heterocycles. The topological polar surface area (TPSA) is 64.6 Å². The van der Waals surface area contributed by atoms with Crippen LogP contribution in [0.3, 0.4) is 0 Å². The maximum atomic E-state index is 13.4. The highest BCUT2D eigenvalue weighted by Crippen LogP contribution is 2.44. The van der Waals surface area contributed by atoms with Crippen LogP contribution in [0.25, 0.3) is 11.1 Å². The molecule has 1 atom stereocenters. The number of ether oxygens (including phenoxy) is 2.